The van der Waals surface area contributed by atoms with Crippen LogP contribution in [0, 0.1) is 12.8 Å². The van der Waals surface area contributed by atoms with E-state index in [0.29, 0.717) is 17.7 Å². The van der Waals surface area contributed by atoms with Gasteiger partial charge >= 0.3 is 0 Å². The van der Waals surface area contributed by atoms with E-state index in [1.807, 2.05) is 20.8 Å². The Kier molecular flexibility index (Phi) is 5.82. The summed E-state index contributed by atoms with van der Waals surface area (Å²) in [4.78, 5) is 12.3. The zero-order chi connectivity index (χ0) is 14.6. The smallest absolute Gasteiger partial charge is 0.251 e. The fraction of sp³-hybridized carbons (Fsp3) is 0.500. The summed E-state index contributed by atoms with van der Waals surface area (Å²) >= 11 is 3.34. The maximum atomic E-state index is 12.3. The molecule has 0 aliphatic carbocycles. The van der Waals surface area contributed by atoms with Gasteiger partial charge in [-0.3, -0.25) is 4.79 Å². The summed E-state index contributed by atoms with van der Waals surface area (Å²) in [5.74, 6) is 0.110. The van der Waals surface area contributed by atoms with Crippen molar-refractivity contribution in [2.75, 3.05) is 12.3 Å². The molecule has 0 fully saturated rings. The first kappa shape index (κ1) is 16.0. The maximum Gasteiger partial charge on any atom is 0.251 e. The highest BCUT2D eigenvalue weighted by Gasteiger charge is 2.18. The number of carbonyl (C=O) groups is 1. The fourth-order valence-corrected chi connectivity index (χ4v) is 2.37. The van der Waals surface area contributed by atoms with E-state index in [1.54, 1.807) is 12.1 Å². The Morgan fingerprint density at radius 1 is 1.47 bits per heavy atom. The van der Waals surface area contributed by atoms with Crippen LogP contribution in [0.2, 0.25) is 0 Å². The Morgan fingerprint density at radius 2 is 2.11 bits per heavy atom. The van der Waals surface area contributed by atoms with Crippen LogP contribution in [0.5, 0.6) is 0 Å². The molecule has 0 radical (unpaired) electrons. The number of carbonyl (C=O) groups excluding carboxylic acids is 1. The van der Waals surface area contributed by atoms with E-state index in [9.17, 15) is 4.79 Å². The van der Waals surface area contributed by atoms with Crippen molar-refractivity contribution in [2.45, 2.75) is 33.2 Å². The third-order valence-electron chi connectivity index (χ3n) is 3.22. The van der Waals surface area contributed by atoms with Crippen LogP contribution in [0.15, 0.2) is 16.6 Å². The lowest BCUT2D eigenvalue weighted by Crippen LogP contribution is -2.39. The summed E-state index contributed by atoms with van der Waals surface area (Å²) in [6.45, 7) is 5.92. The Hall–Kier alpha value is -1.07. The predicted octanol–water partition coefficient (Wildman–Crippen LogP) is 2.48. The highest BCUT2D eigenvalue weighted by Crippen LogP contribution is 2.23. The van der Waals surface area contributed by atoms with Crippen LogP contribution < -0.4 is 11.1 Å². The Balaban J connectivity index is 2.94. The number of rotatable bonds is 5. The summed E-state index contributed by atoms with van der Waals surface area (Å²) in [6.07, 6.45) is 0.548. The van der Waals surface area contributed by atoms with Crippen molar-refractivity contribution in [2.24, 2.45) is 5.92 Å². The second kappa shape index (κ2) is 6.91. The van der Waals surface area contributed by atoms with Crippen molar-refractivity contribution < 1.29 is 9.90 Å². The number of hydrogen-bond acceptors (Lipinski definition) is 3. The van der Waals surface area contributed by atoms with E-state index in [0.717, 1.165) is 10.0 Å². The molecule has 19 heavy (non-hydrogen) atoms. The molecule has 1 rings (SSSR count). The number of nitrogen functional groups attached to an aromatic ring is 1. The van der Waals surface area contributed by atoms with Gasteiger partial charge in [0, 0.05) is 28.4 Å². The topological polar surface area (TPSA) is 75.4 Å². The van der Waals surface area contributed by atoms with Crippen molar-refractivity contribution in [3.8, 4) is 0 Å². The van der Waals surface area contributed by atoms with Gasteiger partial charge in [0.05, 0.1) is 0 Å². The largest absolute Gasteiger partial charge is 0.398 e. The van der Waals surface area contributed by atoms with E-state index >= 15 is 0 Å². The highest BCUT2D eigenvalue weighted by molar-refractivity contribution is 9.10. The van der Waals surface area contributed by atoms with E-state index in [-0.39, 0.29) is 24.5 Å². The molecule has 106 valence electrons. The van der Waals surface area contributed by atoms with Gasteiger partial charge < -0.3 is 16.2 Å². The van der Waals surface area contributed by atoms with Gasteiger partial charge in [0.25, 0.3) is 5.91 Å². The summed E-state index contributed by atoms with van der Waals surface area (Å²) in [5, 5.41) is 12.0. The van der Waals surface area contributed by atoms with E-state index in [4.69, 9.17) is 10.8 Å². The molecule has 1 unspecified atom stereocenters. The number of hydrogen-bond donors (Lipinski definition) is 3. The SMILES string of the molecule is Cc1c(N)cc(Br)cc1C(=O)NC(CCO)C(C)C. The number of halogens is 1. The molecule has 1 aromatic carbocycles. The average molecular weight is 329 g/mol. The quantitative estimate of drug-likeness (QED) is 0.727. The maximum absolute atomic E-state index is 12.3. The monoisotopic (exact) mass is 328 g/mol. The van der Waals surface area contributed by atoms with Gasteiger partial charge in [-0.25, -0.2) is 0 Å². The molecule has 4 N–H and O–H groups in total. The molecule has 4 nitrogen and oxygen atoms in total. The van der Waals surface area contributed by atoms with Gasteiger partial charge in [-0.2, -0.15) is 0 Å². The lowest BCUT2D eigenvalue weighted by molar-refractivity contribution is 0.0916. The third-order valence-corrected chi connectivity index (χ3v) is 3.68. The number of nitrogens with two attached hydrogens (primary N) is 1. The molecule has 0 aromatic heterocycles. The number of aliphatic hydroxyl groups is 1. The van der Waals surface area contributed by atoms with Gasteiger partial charge in [-0.15, -0.1) is 0 Å². The molecule has 0 saturated carbocycles. The van der Waals surface area contributed by atoms with Crippen molar-refractivity contribution in [3.63, 3.8) is 0 Å². The lowest BCUT2D eigenvalue weighted by atomic mass is 10.00. The highest BCUT2D eigenvalue weighted by atomic mass is 79.9. The summed E-state index contributed by atoms with van der Waals surface area (Å²) in [5.41, 5.74) is 7.78. The Bertz CT molecular complexity index is 461. The van der Waals surface area contributed by atoms with Gasteiger partial charge in [-0.05, 0) is 37.0 Å². The molecule has 0 bridgehead atoms. The molecule has 0 heterocycles. The van der Waals surface area contributed by atoms with Gasteiger partial charge in [0.2, 0.25) is 0 Å². The minimum absolute atomic E-state index is 0.0443. The van der Waals surface area contributed by atoms with E-state index in [1.165, 1.54) is 0 Å². The molecule has 0 saturated heterocycles. The van der Waals surface area contributed by atoms with Crippen molar-refractivity contribution in [1.82, 2.24) is 5.32 Å². The molecule has 1 aromatic rings. The number of aliphatic hydroxyl groups excluding tert-OH is 1. The first-order valence-corrected chi connectivity index (χ1v) is 7.13. The number of nitrogens with one attached hydrogen (secondary N) is 1. The van der Waals surface area contributed by atoms with Gasteiger partial charge in [0.15, 0.2) is 0 Å². The van der Waals surface area contributed by atoms with E-state index < -0.39 is 0 Å². The zero-order valence-electron chi connectivity index (χ0n) is 11.5. The van der Waals surface area contributed by atoms with Gasteiger partial charge in [-0.1, -0.05) is 29.8 Å². The Labute approximate surface area is 122 Å². The normalized spacial score (nSPS) is 12.5. The lowest BCUT2D eigenvalue weighted by Gasteiger charge is -2.22. The number of benzene rings is 1. The molecular weight excluding hydrogens is 308 g/mol. The summed E-state index contributed by atoms with van der Waals surface area (Å²) in [6, 6.07) is 3.49. The summed E-state index contributed by atoms with van der Waals surface area (Å²) < 4.78 is 0.781. The molecule has 0 aliphatic rings. The van der Waals surface area contributed by atoms with Crippen LogP contribution in [0.4, 0.5) is 5.69 Å². The second-order valence-corrected chi connectivity index (χ2v) is 5.92. The van der Waals surface area contributed by atoms with Crippen molar-refractivity contribution >= 4 is 27.5 Å². The standard InChI is InChI=1S/C14H21BrN2O2/c1-8(2)13(4-5-18)17-14(19)11-6-10(15)7-12(16)9(11)3/h6-8,13,18H,4-5,16H2,1-3H3,(H,17,19). The number of anilines is 1. The van der Waals surface area contributed by atoms with Crippen molar-refractivity contribution in [1.29, 1.82) is 0 Å². The van der Waals surface area contributed by atoms with Gasteiger partial charge in [0.1, 0.15) is 0 Å². The molecule has 1 atom stereocenters. The summed E-state index contributed by atoms with van der Waals surface area (Å²) in [7, 11) is 0. The number of amides is 1. The fourth-order valence-electron chi connectivity index (χ4n) is 1.89. The average Bonchev–Trinajstić information content (AvgIpc) is 2.32. The zero-order valence-corrected chi connectivity index (χ0v) is 13.1. The molecule has 0 aliphatic heterocycles. The van der Waals surface area contributed by atoms with Crippen molar-refractivity contribution in [3.05, 3.63) is 27.7 Å². The molecular formula is C14H21BrN2O2. The minimum atomic E-state index is -0.155. The molecule has 5 heteroatoms. The third kappa shape index (κ3) is 4.21. The first-order chi connectivity index (χ1) is 8.86. The van der Waals surface area contributed by atoms with Crippen LogP contribution in [0.3, 0.4) is 0 Å². The van der Waals surface area contributed by atoms with Crippen LogP contribution in [-0.2, 0) is 0 Å². The van der Waals surface area contributed by atoms with Crippen LogP contribution in [-0.4, -0.2) is 23.7 Å². The molecule has 1 amide bonds. The second-order valence-electron chi connectivity index (χ2n) is 5.00. The predicted molar refractivity (Wildman–Crippen MR) is 81.1 cm³/mol. The van der Waals surface area contributed by atoms with Crippen LogP contribution >= 0.6 is 15.9 Å². The minimum Gasteiger partial charge on any atom is -0.398 e. The van der Waals surface area contributed by atoms with E-state index in [2.05, 4.69) is 21.2 Å². The van der Waals surface area contributed by atoms with Crippen LogP contribution in [0.25, 0.3) is 0 Å². The molecule has 0 spiro atoms. The first-order valence-electron chi connectivity index (χ1n) is 6.34. The Morgan fingerprint density at radius 3 is 2.63 bits per heavy atom. The van der Waals surface area contributed by atoms with Crippen LogP contribution in [0.1, 0.15) is 36.2 Å².